The fourth-order valence-corrected chi connectivity index (χ4v) is 2.58. The molecule has 6 heteroatoms. The third-order valence-electron chi connectivity index (χ3n) is 2.66. The van der Waals surface area contributed by atoms with Gasteiger partial charge in [0.1, 0.15) is 13.2 Å². The zero-order valence-corrected chi connectivity index (χ0v) is 11.4. The maximum absolute atomic E-state index is 12.0. The zero-order valence-electron chi connectivity index (χ0n) is 9.81. The molecule has 1 N–H and O–H groups in total. The lowest BCUT2D eigenvalue weighted by Gasteiger charge is -2.19. The summed E-state index contributed by atoms with van der Waals surface area (Å²) in [6.07, 6.45) is 0. The van der Waals surface area contributed by atoms with E-state index in [1.165, 1.54) is 11.3 Å². The topological polar surface area (TPSA) is 47.6 Å². The van der Waals surface area contributed by atoms with Crippen molar-refractivity contribution < 1.29 is 14.3 Å². The van der Waals surface area contributed by atoms with Crippen LogP contribution in [0.1, 0.15) is 10.4 Å². The number of fused-ring (bicyclic) bond motifs is 1. The Morgan fingerprint density at radius 3 is 2.68 bits per heavy atom. The smallest absolute Gasteiger partial charge is 0.256 e. The van der Waals surface area contributed by atoms with E-state index in [0.717, 1.165) is 0 Å². The minimum Gasteiger partial charge on any atom is -0.486 e. The number of hydrogen-bond acceptors (Lipinski definition) is 4. The van der Waals surface area contributed by atoms with Crippen molar-refractivity contribution in [3.63, 3.8) is 0 Å². The molecule has 0 saturated heterocycles. The van der Waals surface area contributed by atoms with Gasteiger partial charge < -0.3 is 14.8 Å². The van der Waals surface area contributed by atoms with E-state index in [1.807, 2.05) is 5.38 Å². The van der Waals surface area contributed by atoms with Gasteiger partial charge in [-0.2, -0.15) is 11.3 Å². The number of benzene rings is 1. The maximum atomic E-state index is 12.0. The van der Waals surface area contributed by atoms with Gasteiger partial charge in [-0.05, 0) is 11.4 Å². The number of thiophene rings is 1. The van der Waals surface area contributed by atoms with Crippen molar-refractivity contribution in [1.29, 1.82) is 0 Å². The lowest BCUT2D eigenvalue weighted by atomic mass is 10.2. The van der Waals surface area contributed by atoms with Crippen LogP contribution in [0.15, 0.2) is 29.0 Å². The molecule has 0 unspecified atom stereocenters. The Morgan fingerprint density at radius 2 is 2.00 bits per heavy atom. The summed E-state index contributed by atoms with van der Waals surface area (Å²) in [5, 5.41) is 6.81. The number of halogens is 1. The maximum Gasteiger partial charge on any atom is 0.256 e. The van der Waals surface area contributed by atoms with Gasteiger partial charge in [-0.15, -0.1) is 0 Å². The van der Waals surface area contributed by atoms with Crippen LogP contribution in [-0.2, 0) is 0 Å². The fraction of sp³-hybridized carbons (Fsp3) is 0.154. The van der Waals surface area contributed by atoms with Gasteiger partial charge in [-0.1, -0.05) is 11.6 Å². The molecule has 98 valence electrons. The van der Waals surface area contributed by atoms with Crippen molar-refractivity contribution in [3.05, 3.63) is 39.5 Å². The summed E-state index contributed by atoms with van der Waals surface area (Å²) < 4.78 is 10.9. The Hall–Kier alpha value is -1.72. The molecule has 1 aliphatic heterocycles. The Balaban J connectivity index is 1.87. The molecule has 2 heterocycles. The summed E-state index contributed by atoms with van der Waals surface area (Å²) in [5.41, 5.74) is 1.12. The molecule has 1 amide bonds. The number of carbonyl (C=O) groups is 1. The van der Waals surface area contributed by atoms with Crippen LogP contribution in [-0.4, -0.2) is 19.1 Å². The van der Waals surface area contributed by atoms with Crippen molar-refractivity contribution in [2.75, 3.05) is 18.5 Å². The number of amides is 1. The third kappa shape index (κ3) is 2.52. The van der Waals surface area contributed by atoms with Crippen LogP contribution >= 0.6 is 22.9 Å². The van der Waals surface area contributed by atoms with Gasteiger partial charge in [-0.3, -0.25) is 4.79 Å². The normalized spacial score (nSPS) is 13.1. The first-order valence-corrected chi connectivity index (χ1v) is 6.99. The number of rotatable bonds is 2. The molecular weight excluding hydrogens is 286 g/mol. The summed E-state index contributed by atoms with van der Waals surface area (Å²) >= 11 is 7.59. The Kier molecular flexibility index (Phi) is 3.31. The summed E-state index contributed by atoms with van der Waals surface area (Å²) in [7, 11) is 0. The van der Waals surface area contributed by atoms with E-state index in [1.54, 1.807) is 23.6 Å². The molecule has 2 aromatic rings. The minimum absolute atomic E-state index is 0.195. The van der Waals surface area contributed by atoms with Crippen LogP contribution in [0.25, 0.3) is 0 Å². The number of carbonyl (C=O) groups excluding carboxylic acids is 1. The summed E-state index contributed by atoms with van der Waals surface area (Å²) in [5.74, 6) is 1.00. The van der Waals surface area contributed by atoms with E-state index in [-0.39, 0.29) is 5.91 Å². The van der Waals surface area contributed by atoms with Gasteiger partial charge in [0.05, 0.1) is 16.3 Å². The Labute approximate surface area is 118 Å². The van der Waals surface area contributed by atoms with Crippen molar-refractivity contribution in [2.45, 2.75) is 0 Å². The molecular formula is C13H10ClNO3S. The molecule has 1 aliphatic rings. The Morgan fingerprint density at radius 1 is 1.26 bits per heavy atom. The van der Waals surface area contributed by atoms with E-state index in [2.05, 4.69) is 5.32 Å². The molecule has 0 saturated carbocycles. The second kappa shape index (κ2) is 5.11. The standard InChI is InChI=1S/C13H10ClNO3S/c14-9-5-11-12(18-3-2-17-11)6-10(9)15-13(16)8-1-4-19-7-8/h1,4-7H,2-3H2,(H,15,16). The second-order valence-electron chi connectivity index (χ2n) is 3.94. The van der Waals surface area contributed by atoms with Crippen LogP contribution in [0, 0.1) is 0 Å². The predicted molar refractivity (Wildman–Crippen MR) is 74.7 cm³/mol. The highest BCUT2D eigenvalue weighted by atomic mass is 35.5. The molecule has 0 radical (unpaired) electrons. The molecule has 4 nitrogen and oxygen atoms in total. The quantitative estimate of drug-likeness (QED) is 0.923. The lowest BCUT2D eigenvalue weighted by molar-refractivity contribution is 0.102. The van der Waals surface area contributed by atoms with Crippen molar-refractivity contribution in [2.24, 2.45) is 0 Å². The van der Waals surface area contributed by atoms with Gasteiger partial charge in [0.2, 0.25) is 0 Å². The minimum atomic E-state index is -0.195. The third-order valence-corrected chi connectivity index (χ3v) is 3.66. The summed E-state index contributed by atoms with van der Waals surface area (Å²) in [4.78, 5) is 12.0. The van der Waals surface area contributed by atoms with Crippen LogP contribution in [0.3, 0.4) is 0 Å². The largest absolute Gasteiger partial charge is 0.486 e. The van der Waals surface area contributed by atoms with Crippen LogP contribution < -0.4 is 14.8 Å². The number of nitrogens with one attached hydrogen (secondary N) is 1. The van der Waals surface area contributed by atoms with Gasteiger partial charge in [0.25, 0.3) is 5.91 Å². The monoisotopic (exact) mass is 295 g/mol. The molecule has 0 bridgehead atoms. The first-order valence-electron chi connectivity index (χ1n) is 5.67. The first-order chi connectivity index (χ1) is 9.24. The number of anilines is 1. The SMILES string of the molecule is O=C(Nc1cc2c(cc1Cl)OCCO2)c1ccsc1. The van der Waals surface area contributed by atoms with Gasteiger partial charge in [0.15, 0.2) is 11.5 Å². The number of ether oxygens (including phenoxy) is 2. The van der Waals surface area contributed by atoms with E-state index in [9.17, 15) is 4.79 Å². The molecule has 19 heavy (non-hydrogen) atoms. The highest BCUT2D eigenvalue weighted by Gasteiger charge is 2.16. The highest BCUT2D eigenvalue weighted by Crippen LogP contribution is 2.38. The molecule has 0 spiro atoms. The van der Waals surface area contributed by atoms with E-state index in [0.29, 0.717) is 41.0 Å². The van der Waals surface area contributed by atoms with Crippen LogP contribution in [0.4, 0.5) is 5.69 Å². The summed E-state index contributed by atoms with van der Waals surface area (Å²) in [6, 6.07) is 5.09. The molecule has 0 fully saturated rings. The molecule has 0 atom stereocenters. The zero-order chi connectivity index (χ0) is 13.2. The second-order valence-corrected chi connectivity index (χ2v) is 5.13. The van der Waals surface area contributed by atoms with E-state index >= 15 is 0 Å². The van der Waals surface area contributed by atoms with Gasteiger partial charge >= 0.3 is 0 Å². The van der Waals surface area contributed by atoms with E-state index in [4.69, 9.17) is 21.1 Å². The lowest BCUT2D eigenvalue weighted by Crippen LogP contribution is -2.16. The first kappa shape index (κ1) is 12.3. The molecule has 3 rings (SSSR count). The van der Waals surface area contributed by atoms with Gasteiger partial charge in [0, 0.05) is 17.5 Å². The predicted octanol–water partition coefficient (Wildman–Crippen LogP) is 3.43. The summed E-state index contributed by atoms with van der Waals surface area (Å²) in [6.45, 7) is 0.997. The molecule has 1 aromatic carbocycles. The molecule has 1 aromatic heterocycles. The van der Waals surface area contributed by atoms with E-state index < -0.39 is 0 Å². The van der Waals surface area contributed by atoms with Crippen molar-refractivity contribution >= 4 is 34.5 Å². The molecule has 0 aliphatic carbocycles. The van der Waals surface area contributed by atoms with Crippen molar-refractivity contribution in [1.82, 2.24) is 0 Å². The van der Waals surface area contributed by atoms with Crippen LogP contribution in [0.5, 0.6) is 11.5 Å². The number of hydrogen-bond donors (Lipinski definition) is 1. The van der Waals surface area contributed by atoms with Crippen molar-refractivity contribution in [3.8, 4) is 11.5 Å². The Bertz CT molecular complexity index is 613. The highest BCUT2D eigenvalue weighted by molar-refractivity contribution is 7.08. The average Bonchev–Trinajstić information content (AvgIpc) is 2.93. The average molecular weight is 296 g/mol. The van der Waals surface area contributed by atoms with Crippen LogP contribution in [0.2, 0.25) is 5.02 Å². The fourth-order valence-electron chi connectivity index (χ4n) is 1.75. The van der Waals surface area contributed by atoms with Gasteiger partial charge in [-0.25, -0.2) is 0 Å².